The summed E-state index contributed by atoms with van der Waals surface area (Å²) in [4.78, 5) is 4.26. The average molecular weight is 267 g/mol. The number of aromatic nitrogens is 1. The number of benzene rings is 2. The first-order chi connectivity index (χ1) is 9.85. The largest absolute Gasteiger partial charge is 0.497 e. The molecule has 0 aliphatic heterocycles. The Morgan fingerprint density at radius 3 is 2.70 bits per heavy atom. The highest BCUT2D eigenvalue weighted by molar-refractivity contribution is 5.80. The van der Waals surface area contributed by atoms with Crippen LogP contribution in [0.2, 0.25) is 0 Å². The molecule has 3 aromatic rings. The molecule has 0 atom stereocenters. The Hall–Kier alpha value is -2.82. The summed E-state index contributed by atoms with van der Waals surface area (Å²) in [5, 5.41) is 4.09. The van der Waals surface area contributed by atoms with Crippen LogP contribution < -0.4 is 10.2 Å². The van der Waals surface area contributed by atoms with Crippen LogP contribution in [-0.2, 0) is 0 Å². The summed E-state index contributed by atoms with van der Waals surface area (Å²) in [5.41, 5.74) is 5.26. The van der Waals surface area contributed by atoms with Gasteiger partial charge in [-0.2, -0.15) is 10.1 Å². The van der Waals surface area contributed by atoms with Gasteiger partial charge >= 0.3 is 6.01 Å². The van der Waals surface area contributed by atoms with Crippen LogP contribution in [0, 0.1) is 0 Å². The number of fused-ring (bicyclic) bond motifs is 1. The fraction of sp³-hybridized carbons (Fsp3) is 0.0667. The third kappa shape index (κ3) is 2.61. The number of oxazole rings is 1. The van der Waals surface area contributed by atoms with E-state index in [0.29, 0.717) is 6.01 Å². The molecule has 0 saturated heterocycles. The van der Waals surface area contributed by atoms with Crippen LogP contribution in [0.4, 0.5) is 6.01 Å². The Labute approximate surface area is 115 Å². The van der Waals surface area contributed by atoms with Crippen LogP contribution in [-0.4, -0.2) is 18.3 Å². The van der Waals surface area contributed by atoms with Crippen molar-refractivity contribution in [1.29, 1.82) is 0 Å². The molecule has 1 heterocycles. The Balaban J connectivity index is 1.69. The van der Waals surface area contributed by atoms with Crippen molar-refractivity contribution in [3.63, 3.8) is 0 Å². The van der Waals surface area contributed by atoms with E-state index in [1.54, 1.807) is 13.3 Å². The van der Waals surface area contributed by atoms with Gasteiger partial charge in [-0.05, 0) is 42.0 Å². The highest BCUT2D eigenvalue weighted by Crippen LogP contribution is 2.17. The summed E-state index contributed by atoms with van der Waals surface area (Å²) in [7, 11) is 1.64. The van der Waals surface area contributed by atoms with E-state index in [-0.39, 0.29) is 0 Å². The molecule has 1 N–H and O–H groups in total. The van der Waals surface area contributed by atoms with Gasteiger partial charge in [0, 0.05) is 0 Å². The topological polar surface area (TPSA) is 59.6 Å². The second kappa shape index (κ2) is 5.44. The van der Waals surface area contributed by atoms with E-state index in [0.717, 1.165) is 22.4 Å². The van der Waals surface area contributed by atoms with Gasteiger partial charge in [0.05, 0.1) is 13.3 Å². The highest BCUT2D eigenvalue weighted by atomic mass is 16.5. The third-order valence-electron chi connectivity index (χ3n) is 2.78. The first kappa shape index (κ1) is 12.2. The van der Waals surface area contributed by atoms with Gasteiger partial charge in [0.1, 0.15) is 11.3 Å². The Morgan fingerprint density at radius 1 is 1.15 bits per heavy atom. The number of nitrogens with zero attached hydrogens (tertiary/aromatic N) is 2. The number of hydrazone groups is 1. The Kier molecular flexibility index (Phi) is 3.33. The van der Waals surface area contributed by atoms with E-state index in [2.05, 4.69) is 15.5 Å². The smallest absolute Gasteiger partial charge is 0.316 e. The summed E-state index contributed by atoms with van der Waals surface area (Å²) < 4.78 is 10.6. The molecule has 0 aliphatic rings. The van der Waals surface area contributed by atoms with E-state index in [9.17, 15) is 0 Å². The number of para-hydroxylation sites is 2. The van der Waals surface area contributed by atoms with Crippen molar-refractivity contribution in [1.82, 2.24) is 4.98 Å². The molecule has 0 spiro atoms. The summed E-state index contributed by atoms with van der Waals surface area (Å²) in [6, 6.07) is 15.5. The van der Waals surface area contributed by atoms with Gasteiger partial charge in [-0.15, -0.1) is 0 Å². The molecular weight excluding hydrogens is 254 g/mol. The minimum atomic E-state index is 0.371. The van der Waals surface area contributed by atoms with E-state index in [1.165, 1.54) is 0 Å². The Bertz CT molecular complexity index is 699. The normalized spacial score (nSPS) is 11.1. The predicted octanol–water partition coefficient (Wildman–Crippen LogP) is 3.28. The summed E-state index contributed by atoms with van der Waals surface area (Å²) in [6.45, 7) is 0. The first-order valence-corrected chi connectivity index (χ1v) is 6.14. The molecule has 100 valence electrons. The van der Waals surface area contributed by atoms with Crippen LogP contribution in [0.5, 0.6) is 5.75 Å². The number of methoxy groups -OCH3 is 1. The zero-order valence-corrected chi connectivity index (χ0v) is 10.9. The lowest BCUT2D eigenvalue weighted by molar-refractivity contribution is 0.415. The van der Waals surface area contributed by atoms with Gasteiger partial charge in [-0.3, -0.25) is 0 Å². The lowest BCUT2D eigenvalue weighted by atomic mass is 10.2. The van der Waals surface area contributed by atoms with Crippen molar-refractivity contribution in [3.05, 3.63) is 54.1 Å². The number of nitrogens with one attached hydrogen (secondary N) is 1. The van der Waals surface area contributed by atoms with Gasteiger partial charge in [-0.1, -0.05) is 12.1 Å². The van der Waals surface area contributed by atoms with Crippen molar-refractivity contribution in [3.8, 4) is 5.75 Å². The van der Waals surface area contributed by atoms with Crippen molar-refractivity contribution < 1.29 is 9.15 Å². The maximum atomic E-state index is 5.49. The standard InChI is InChI=1S/C15H13N3O2/c1-19-12-8-6-11(7-9-12)10-16-18-15-17-13-4-2-3-5-14(13)20-15/h2-10H,1H3,(H,17,18)/b16-10-. The molecule has 0 amide bonds. The first-order valence-electron chi connectivity index (χ1n) is 6.14. The number of rotatable bonds is 4. The molecule has 3 rings (SSSR count). The number of anilines is 1. The van der Waals surface area contributed by atoms with Gasteiger partial charge < -0.3 is 9.15 Å². The zero-order valence-electron chi connectivity index (χ0n) is 10.9. The molecule has 0 unspecified atom stereocenters. The molecular formula is C15H13N3O2. The number of hydrogen-bond acceptors (Lipinski definition) is 5. The molecule has 2 aromatic carbocycles. The molecule has 5 nitrogen and oxygen atoms in total. The molecule has 5 heteroatoms. The molecule has 0 bridgehead atoms. The van der Waals surface area contributed by atoms with Crippen LogP contribution in [0.1, 0.15) is 5.56 Å². The second-order valence-corrected chi connectivity index (χ2v) is 4.13. The molecule has 0 radical (unpaired) electrons. The van der Waals surface area contributed by atoms with Crippen molar-refractivity contribution in [2.45, 2.75) is 0 Å². The van der Waals surface area contributed by atoms with Gasteiger partial charge in [0.15, 0.2) is 5.58 Å². The van der Waals surface area contributed by atoms with Crippen LogP contribution in [0.3, 0.4) is 0 Å². The number of hydrogen-bond donors (Lipinski definition) is 1. The van der Waals surface area contributed by atoms with E-state index in [4.69, 9.17) is 9.15 Å². The third-order valence-corrected chi connectivity index (χ3v) is 2.78. The van der Waals surface area contributed by atoms with E-state index < -0.39 is 0 Å². The lowest BCUT2D eigenvalue weighted by Crippen LogP contribution is -1.90. The lowest BCUT2D eigenvalue weighted by Gasteiger charge is -1.98. The van der Waals surface area contributed by atoms with E-state index >= 15 is 0 Å². The van der Waals surface area contributed by atoms with Gasteiger partial charge in [-0.25, -0.2) is 5.43 Å². The maximum Gasteiger partial charge on any atom is 0.316 e. The average Bonchev–Trinajstić information content (AvgIpc) is 2.90. The van der Waals surface area contributed by atoms with Gasteiger partial charge in [0.2, 0.25) is 0 Å². The molecule has 20 heavy (non-hydrogen) atoms. The fourth-order valence-corrected chi connectivity index (χ4v) is 1.77. The fourth-order valence-electron chi connectivity index (χ4n) is 1.77. The molecule has 0 fully saturated rings. The monoisotopic (exact) mass is 267 g/mol. The quantitative estimate of drug-likeness (QED) is 0.582. The second-order valence-electron chi connectivity index (χ2n) is 4.13. The molecule has 0 saturated carbocycles. The van der Waals surface area contributed by atoms with Crippen molar-refractivity contribution in [2.75, 3.05) is 12.5 Å². The van der Waals surface area contributed by atoms with Crippen LogP contribution >= 0.6 is 0 Å². The predicted molar refractivity (Wildman–Crippen MR) is 78.2 cm³/mol. The summed E-state index contributed by atoms with van der Waals surface area (Å²) in [6.07, 6.45) is 1.69. The van der Waals surface area contributed by atoms with Crippen LogP contribution in [0.15, 0.2) is 58.0 Å². The van der Waals surface area contributed by atoms with Gasteiger partial charge in [0.25, 0.3) is 0 Å². The molecule has 1 aromatic heterocycles. The van der Waals surface area contributed by atoms with E-state index in [1.807, 2.05) is 48.5 Å². The highest BCUT2D eigenvalue weighted by Gasteiger charge is 2.02. The molecule has 0 aliphatic carbocycles. The zero-order chi connectivity index (χ0) is 13.8. The summed E-state index contributed by atoms with van der Waals surface area (Å²) >= 11 is 0. The van der Waals surface area contributed by atoms with Crippen molar-refractivity contribution in [2.24, 2.45) is 5.10 Å². The Morgan fingerprint density at radius 2 is 1.95 bits per heavy atom. The maximum absolute atomic E-state index is 5.49. The van der Waals surface area contributed by atoms with Crippen LogP contribution in [0.25, 0.3) is 11.1 Å². The summed E-state index contributed by atoms with van der Waals surface area (Å²) in [5.74, 6) is 0.814. The minimum absolute atomic E-state index is 0.371. The van der Waals surface area contributed by atoms with Crippen molar-refractivity contribution >= 4 is 23.3 Å². The SMILES string of the molecule is COc1ccc(/C=N\Nc2nc3ccccc3o2)cc1. The minimum Gasteiger partial charge on any atom is -0.497 e. The number of ether oxygens (including phenoxy) is 1.